The fraction of sp³-hybridized carbons (Fsp3) is 0.615. The Morgan fingerprint density at radius 2 is 2.25 bits per heavy atom. The van der Waals surface area contributed by atoms with Crippen LogP contribution in [0.1, 0.15) is 25.7 Å². The second-order valence-corrected chi connectivity index (χ2v) is 5.89. The highest BCUT2D eigenvalue weighted by Gasteiger charge is 2.50. The van der Waals surface area contributed by atoms with E-state index in [9.17, 15) is 14.7 Å². The van der Waals surface area contributed by atoms with Gasteiger partial charge in [0.25, 0.3) is 0 Å². The Morgan fingerprint density at radius 1 is 1.45 bits per heavy atom. The van der Waals surface area contributed by atoms with Gasteiger partial charge in [-0.3, -0.25) is 14.3 Å². The molecule has 108 valence electrons. The molecule has 20 heavy (non-hydrogen) atoms. The third kappa shape index (κ3) is 2.28. The number of hydrogen-bond donors (Lipinski definition) is 1. The first kappa shape index (κ1) is 13.4. The summed E-state index contributed by atoms with van der Waals surface area (Å²) < 4.78 is 1.63. The first-order chi connectivity index (χ1) is 9.56. The maximum Gasteiger partial charge on any atom is 0.308 e. The molecule has 2 bridgehead atoms. The van der Waals surface area contributed by atoms with E-state index in [-0.39, 0.29) is 18.0 Å². The lowest BCUT2D eigenvalue weighted by Crippen LogP contribution is -2.38. The summed E-state index contributed by atoms with van der Waals surface area (Å²) >= 11 is 5.77. The zero-order valence-electron chi connectivity index (χ0n) is 10.9. The fourth-order valence-corrected chi connectivity index (χ4v) is 3.60. The molecule has 2 aliphatic rings. The van der Waals surface area contributed by atoms with Gasteiger partial charge in [-0.05, 0) is 19.3 Å². The van der Waals surface area contributed by atoms with Gasteiger partial charge in [0.1, 0.15) is 0 Å². The van der Waals surface area contributed by atoms with Crippen molar-refractivity contribution in [2.45, 2.75) is 44.3 Å². The number of fused-ring (bicyclic) bond motifs is 2. The molecule has 3 unspecified atom stereocenters. The lowest BCUT2D eigenvalue weighted by atomic mass is 9.89. The highest BCUT2D eigenvalue weighted by molar-refractivity contribution is 6.30. The zero-order chi connectivity index (χ0) is 14.3. The summed E-state index contributed by atoms with van der Waals surface area (Å²) in [5, 5.41) is 13.8. The highest BCUT2D eigenvalue weighted by atomic mass is 35.5. The first-order valence-electron chi connectivity index (χ1n) is 6.78. The lowest BCUT2D eigenvalue weighted by Gasteiger charge is -2.23. The van der Waals surface area contributed by atoms with Crippen LogP contribution in [0.25, 0.3) is 0 Å². The average molecular weight is 298 g/mol. The number of nitrogens with zero attached hydrogens (tertiary/aromatic N) is 3. The predicted molar refractivity (Wildman–Crippen MR) is 71.3 cm³/mol. The number of aliphatic carboxylic acids is 1. The second kappa shape index (κ2) is 5.09. The van der Waals surface area contributed by atoms with Crippen molar-refractivity contribution in [2.75, 3.05) is 0 Å². The van der Waals surface area contributed by atoms with Crippen molar-refractivity contribution < 1.29 is 14.7 Å². The molecular formula is C13H16ClN3O3. The quantitative estimate of drug-likeness (QED) is 0.911. The topological polar surface area (TPSA) is 75.4 Å². The summed E-state index contributed by atoms with van der Waals surface area (Å²) in [5.74, 6) is -1.15. The van der Waals surface area contributed by atoms with Gasteiger partial charge in [0.15, 0.2) is 0 Å². The Morgan fingerprint density at radius 3 is 2.85 bits per heavy atom. The predicted octanol–water partition coefficient (Wildman–Crippen LogP) is 1.39. The Hall–Kier alpha value is -1.56. The maximum atomic E-state index is 12.3. The summed E-state index contributed by atoms with van der Waals surface area (Å²) in [7, 11) is 0. The summed E-state index contributed by atoms with van der Waals surface area (Å²) in [6.07, 6.45) is 5.87. The number of aromatic nitrogens is 2. The van der Waals surface area contributed by atoms with E-state index in [0.717, 1.165) is 12.8 Å². The van der Waals surface area contributed by atoms with E-state index in [4.69, 9.17) is 11.6 Å². The largest absolute Gasteiger partial charge is 0.481 e. The molecule has 0 aromatic carbocycles. The number of aryl methyl sites for hydroxylation is 1. The molecule has 2 fully saturated rings. The number of carbonyl (C=O) groups excluding carboxylic acids is 1. The van der Waals surface area contributed by atoms with Gasteiger partial charge in [0, 0.05) is 31.2 Å². The van der Waals surface area contributed by atoms with Crippen molar-refractivity contribution in [2.24, 2.45) is 5.92 Å². The van der Waals surface area contributed by atoms with Crippen LogP contribution in [0.4, 0.5) is 0 Å². The van der Waals surface area contributed by atoms with Crippen LogP contribution in [0.15, 0.2) is 12.4 Å². The zero-order valence-corrected chi connectivity index (χ0v) is 11.7. The van der Waals surface area contributed by atoms with Crippen molar-refractivity contribution in [1.29, 1.82) is 0 Å². The lowest BCUT2D eigenvalue weighted by molar-refractivity contribution is -0.143. The smallest absolute Gasteiger partial charge is 0.308 e. The molecule has 0 saturated carbocycles. The SMILES string of the molecule is O=C(O)C1CC2CCC1N2C(=O)CCn1cc(Cl)cn1. The number of amides is 1. The standard InChI is InChI=1S/C13H16ClN3O3/c14-8-6-15-16(7-8)4-3-12(18)17-9-1-2-11(17)10(5-9)13(19)20/h6-7,9-11H,1-5H2,(H,19,20). The Kier molecular flexibility index (Phi) is 3.41. The van der Waals surface area contributed by atoms with Gasteiger partial charge in [0.2, 0.25) is 5.91 Å². The van der Waals surface area contributed by atoms with Gasteiger partial charge in [0.05, 0.1) is 17.1 Å². The molecule has 3 heterocycles. The van der Waals surface area contributed by atoms with E-state index < -0.39 is 11.9 Å². The molecule has 2 aliphatic heterocycles. The molecule has 0 aliphatic carbocycles. The van der Waals surface area contributed by atoms with Gasteiger partial charge >= 0.3 is 5.97 Å². The number of carbonyl (C=O) groups is 2. The molecule has 6 nitrogen and oxygen atoms in total. The maximum absolute atomic E-state index is 12.3. The molecule has 3 rings (SSSR count). The number of carboxylic acid groups (broad SMARTS) is 1. The van der Waals surface area contributed by atoms with Crippen LogP contribution >= 0.6 is 11.6 Å². The van der Waals surface area contributed by atoms with E-state index in [1.165, 1.54) is 6.20 Å². The van der Waals surface area contributed by atoms with Gasteiger partial charge in [-0.2, -0.15) is 5.10 Å². The molecule has 7 heteroatoms. The van der Waals surface area contributed by atoms with Gasteiger partial charge < -0.3 is 10.0 Å². The molecule has 0 radical (unpaired) electrons. The molecule has 1 aromatic heterocycles. The number of hydrogen-bond acceptors (Lipinski definition) is 3. The minimum atomic E-state index is -0.783. The monoisotopic (exact) mass is 297 g/mol. The van der Waals surface area contributed by atoms with Crippen LogP contribution < -0.4 is 0 Å². The van der Waals surface area contributed by atoms with Crippen molar-refractivity contribution in [3.63, 3.8) is 0 Å². The minimum absolute atomic E-state index is 0.0212. The van der Waals surface area contributed by atoms with E-state index in [0.29, 0.717) is 24.4 Å². The normalized spacial score (nSPS) is 28.1. The summed E-state index contributed by atoms with van der Waals surface area (Å²) in [5.41, 5.74) is 0. The molecule has 2 saturated heterocycles. The van der Waals surface area contributed by atoms with Crippen LogP contribution in [0, 0.1) is 5.92 Å². The van der Waals surface area contributed by atoms with Crippen LogP contribution in [-0.2, 0) is 16.1 Å². The van der Waals surface area contributed by atoms with Crippen LogP contribution in [-0.4, -0.2) is 43.7 Å². The van der Waals surface area contributed by atoms with E-state index in [1.807, 2.05) is 0 Å². The summed E-state index contributed by atoms with van der Waals surface area (Å²) in [6, 6.07) is -0.0129. The van der Waals surface area contributed by atoms with Crippen LogP contribution in [0.3, 0.4) is 0 Å². The third-order valence-electron chi connectivity index (χ3n) is 4.30. The molecule has 1 N–H and O–H groups in total. The second-order valence-electron chi connectivity index (χ2n) is 5.45. The van der Waals surface area contributed by atoms with E-state index in [1.54, 1.807) is 15.8 Å². The highest BCUT2D eigenvalue weighted by Crippen LogP contribution is 2.42. The molecular weight excluding hydrogens is 282 g/mol. The van der Waals surface area contributed by atoms with Crippen molar-refractivity contribution >= 4 is 23.5 Å². The van der Waals surface area contributed by atoms with Gasteiger partial charge in [-0.15, -0.1) is 0 Å². The van der Waals surface area contributed by atoms with Crippen molar-refractivity contribution in [1.82, 2.24) is 14.7 Å². The average Bonchev–Trinajstić information content (AvgIpc) is 3.09. The van der Waals surface area contributed by atoms with E-state index in [2.05, 4.69) is 5.10 Å². The van der Waals surface area contributed by atoms with Crippen LogP contribution in [0.2, 0.25) is 5.02 Å². The first-order valence-corrected chi connectivity index (χ1v) is 7.16. The molecule has 3 atom stereocenters. The van der Waals surface area contributed by atoms with Crippen molar-refractivity contribution in [3.8, 4) is 0 Å². The minimum Gasteiger partial charge on any atom is -0.481 e. The van der Waals surface area contributed by atoms with Crippen LogP contribution in [0.5, 0.6) is 0 Å². The van der Waals surface area contributed by atoms with E-state index >= 15 is 0 Å². The summed E-state index contributed by atoms with van der Waals surface area (Å²) in [6.45, 7) is 0.471. The number of rotatable bonds is 4. The Bertz CT molecular complexity index is 545. The van der Waals surface area contributed by atoms with Crippen molar-refractivity contribution in [3.05, 3.63) is 17.4 Å². The summed E-state index contributed by atoms with van der Waals surface area (Å²) in [4.78, 5) is 25.3. The fourth-order valence-electron chi connectivity index (χ4n) is 3.44. The number of carboxylic acids is 1. The Labute approximate surface area is 121 Å². The third-order valence-corrected chi connectivity index (χ3v) is 4.49. The Balaban J connectivity index is 1.62. The van der Waals surface area contributed by atoms with Gasteiger partial charge in [-0.1, -0.05) is 11.6 Å². The molecule has 1 aromatic rings. The van der Waals surface area contributed by atoms with Gasteiger partial charge in [-0.25, -0.2) is 0 Å². The number of halogens is 1. The molecule has 0 spiro atoms. The molecule has 1 amide bonds.